The fraction of sp³-hybridized carbons (Fsp3) is 0.217. The Morgan fingerprint density at radius 2 is 1.93 bits per heavy atom. The van der Waals surface area contributed by atoms with Crippen molar-refractivity contribution < 1.29 is 9.59 Å². The molecule has 2 amide bonds. The summed E-state index contributed by atoms with van der Waals surface area (Å²) in [5, 5.41) is 3.32. The number of aromatic nitrogens is 1. The Labute approximate surface area is 174 Å². The monoisotopic (exact) mass is 407 g/mol. The summed E-state index contributed by atoms with van der Waals surface area (Å²) >= 11 is 6.12. The van der Waals surface area contributed by atoms with Crippen LogP contribution in [0.4, 0.5) is 5.69 Å². The standard InChI is InChI=1S/C23H22ClN3O2/c1-26-10-8-16(14-26)12-22(28)27-11-9-17-6-7-19(13-18(17)15-27)25-23(29)20-4-2-3-5-21(20)24/h2-8,10,13-14H,9,11-12,15H2,1H3,(H,25,29). The Hall–Kier alpha value is -3.05. The molecule has 1 aliphatic rings. The van der Waals surface area contributed by atoms with Crippen LogP contribution < -0.4 is 5.32 Å². The summed E-state index contributed by atoms with van der Waals surface area (Å²) in [7, 11) is 1.95. The number of fused-ring (bicyclic) bond motifs is 1. The molecule has 5 nitrogen and oxygen atoms in total. The van der Waals surface area contributed by atoms with Crippen molar-refractivity contribution in [2.45, 2.75) is 19.4 Å². The zero-order valence-corrected chi connectivity index (χ0v) is 16.9. The predicted octanol–water partition coefficient (Wildman–Crippen LogP) is 4.06. The van der Waals surface area contributed by atoms with Gasteiger partial charge in [-0.25, -0.2) is 0 Å². The molecule has 1 N–H and O–H groups in total. The minimum absolute atomic E-state index is 0.118. The number of hydrogen-bond acceptors (Lipinski definition) is 2. The molecule has 0 saturated heterocycles. The highest BCUT2D eigenvalue weighted by molar-refractivity contribution is 6.34. The quantitative estimate of drug-likeness (QED) is 0.709. The second-order valence-electron chi connectivity index (χ2n) is 7.34. The van der Waals surface area contributed by atoms with E-state index in [1.165, 1.54) is 5.56 Å². The molecule has 2 heterocycles. The number of rotatable bonds is 4. The molecule has 1 aliphatic heterocycles. The maximum Gasteiger partial charge on any atom is 0.257 e. The molecule has 29 heavy (non-hydrogen) atoms. The second-order valence-corrected chi connectivity index (χ2v) is 7.75. The van der Waals surface area contributed by atoms with Gasteiger partial charge in [0.05, 0.1) is 17.0 Å². The lowest BCUT2D eigenvalue weighted by Gasteiger charge is -2.29. The highest BCUT2D eigenvalue weighted by Crippen LogP contribution is 2.24. The van der Waals surface area contributed by atoms with Crippen molar-refractivity contribution >= 4 is 29.1 Å². The van der Waals surface area contributed by atoms with E-state index >= 15 is 0 Å². The van der Waals surface area contributed by atoms with Crippen molar-refractivity contribution in [3.05, 3.63) is 88.2 Å². The maximum atomic E-state index is 12.7. The van der Waals surface area contributed by atoms with Crippen molar-refractivity contribution in [3.63, 3.8) is 0 Å². The molecule has 148 valence electrons. The van der Waals surface area contributed by atoms with Crippen molar-refractivity contribution in [1.29, 1.82) is 0 Å². The molecule has 0 bridgehead atoms. The molecule has 2 aromatic carbocycles. The fourth-order valence-electron chi connectivity index (χ4n) is 3.64. The topological polar surface area (TPSA) is 54.3 Å². The number of nitrogens with one attached hydrogen (secondary N) is 1. The van der Waals surface area contributed by atoms with Gasteiger partial charge in [-0.15, -0.1) is 0 Å². The first-order valence-electron chi connectivity index (χ1n) is 9.56. The van der Waals surface area contributed by atoms with E-state index in [-0.39, 0.29) is 11.8 Å². The Morgan fingerprint density at radius 3 is 2.69 bits per heavy atom. The first-order chi connectivity index (χ1) is 14.0. The van der Waals surface area contributed by atoms with Crippen LogP contribution in [-0.4, -0.2) is 27.8 Å². The van der Waals surface area contributed by atoms with Crippen LogP contribution in [0.5, 0.6) is 0 Å². The Balaban J connectivity index is 1.46. The molecular weight excluding hydrogens is 386 g/mol. The molecule has 0 fully saturated rings. The Morgan fingerprint density at radius 1 is 1.10 bits per heavy atom. The zero-order valence-electron chi connectivity index (χ0n) is 16.2. The van der Waals surface area contributed by atoms with Crippen LogP contribution in [-0.2, 0) is 31.2 Å². The largest absolute Gasteiger partial charge is 0.357 e. The molecule has 1 aromatic heterocycles. The summed E-state index contributed by atoms with van der Waals surface area (Å²) in [5.41, 5.74) is 4.43. The van der Waals surface area contributed by atoms with Gasteiger partial charge in [0, 0.05) is 38.2 Å². The molecular formula is C23H22ClN3O2. The molecule has 0 atom stereocenters. The number of carbonyl (C=O) groups is 2. The smallest absolute Gasteiger partial charge is 0.257 e. The van der Waals surface area contributed by atoms with Gasteiger partial charge >= 0.3 is 0 Å². The summed E-state index contributed by atoms with van der Waals surface area (Å²) in [4.78, 5) is 27.1. The van der Waals surface area contributed by atoms with E-state index in [1.807, 2.05) is 53.2 Å². The SMILES string of the molecule is Cn1ccc(CC(=O)N2CCc3ccc(NC(=O)c4ccccc4Cl)cc3C2)c1. The highest BCUT2D eigenvalue weighted by atomic mass is 35.5. The van der Waals surface area contributed by atoms with E-state index < -0.39 is 0 Å². The lowest BCUT2D eigenvalue weighted by molar-refractivity contribution is -0.131. The summed E-state index contributed by atoms with van der Waals surface area (Å²) < 4.78 is 1.95. The Bertz CT molecular complexity index is 1070. The predicted molar refractivity (Wildman–Crippen MR) is 114 cm³/mol. The number of anilines is 1. The molecule has 3 aromatic rings. The number of benzene rings is 2. The van der Waals surface area contributed by atoms with Gasteiger partial charge in [-0.2, -0.15) is 0 Å². The second kappa shape index (κ2) is 8.13. The van der Waals surface area contributed by atoms with Gasteiger partial charge in [0.25, 0.3) is 5.91 Å². The molecule has 0 saturated carbocycles. The van der Waals surface area contributed by atoms with Crippen molar-refractivity contribution in [2.75, 3.05) is 11.9 Å². The molecule has 0 unspecified atom stereocenters. The minimum Gasteiger partial charge on any atom is -0.357 e. The van der Waals surface area contributed by atoms with Gasteiger partial charge in [0.2, 0.25) is 5.91 Å². The summed E-state index contributed by atoms with van der Waals surface area (Å²) in [5.74, 6) is -0.129. The Kier molecular flexibility index (Phi) is 5.41. The average Bonchev–Trinajstić information content (AvgIpc) is 3.12. The molecule has 6 heteroatoms. The molecule has 0 radical (unpaired) electrons. The molecule has 0 spiro atoms. The summed E-state index contributed by atoms with van der Waals surface area (Å²) in [6.07, 6.45) is 5.13. The van der Waals surface area contributed by atoms with E-state index in [2.05, 4.69) is 5.32 Å². The van der Waals surface area contributed by atoms with Gasteiger partial charge in [-0.05, 0) is 53.4 Å². The van der Waals surface area contributed by atoms with Crippen molar-refractivity contribution in [3.8, 4) is 0 Å². The van der Waals surface area contributed by atoms with Gasteiger partial charge in [0.15, 0.2) is 0 Å². The zero-order chi connectivity index (χ0) is 20.4. The van der Waals surface area contributed by atoms with Crippen LogP contribution in [0.1, 0.15) is 27.0 Å². The van der Waals surface area contributed by atoms with Crippen molar-refractivity contribution in [2.24, 2.45) is 7.05 Å². The van der Waals surface area contributed by atoms with Crippen LogP contribution in [0, 0.1) is 0 Å². The first-order valence-corrected chi connectivity index (χ1v) is 9.94. The highest BCUT2D eigenvalue weighted by Gasteiger charge is 2.21. The number of aryl methyl sites for hydroxylation is 1. The van der Waals surface area contributed by atoms with E-state index in [4.69, 9.17) is 11.6 Å². The normalized spacial score (nSPS) is 13.1. The third kappa shape index (κ3) is 4.35. The summed E-state index contributed by atoms with van der Waals surface area (Å²) in [6.45, 7) is 1.26. The fourth-order valence-corrected chi connectivity index (χ4v) is 3.86. The number of carbonyl (C=O) groups excluding carboxylic acids is 2. The lowest BCUT2D eigenvalue weighted by atomic mass is 9.98. The number of amides is 2. The third-order valence-corrected chi connectivity index (χ3v) is 5.53. The minimum atomic E-state index is -0.247. The lowest BCUT2D eigenvalue weighted by Crippen LogP contribution is -2.36. The van der Waals surface area contributed by atoms with Crippen molar-refractivity contribution in [1.82, 2.24) is 9.47 Å². The van der Waals surface area contributed by atoms with Crippen LogP contribution >= 0.6 is 11.6 Å². The summed E-state index contributed by atoms with van der Waals surface area (Å²) in [6, 6.07) is 14.8. The molecule has 4 rings (SSSR count). The van der Waals surface area contributed by atoms with Crippen LogP contribution in [0.3, 0.4) is 0 Å². The van der Waals surface area contributed by atoms with Gasteiger partial charge in [-0.1, -0.05) is 29.8 Å². The van der Waals surface area contributed by atoms with Gasteiger partial charge in [0.1, 0.15) is 0 Å². The average molecular weight is 408 g/mol. The maximum absolute atomic E-state index is 12.7. The van der Waals surface area contributed by atoms with Gasteiger partial charge < -0.3 is 14.8 Å². The third-order valence-electron chi connectivity index (χ3n) is 5.20. The first kappa shape index (κ1) is 19.3. The number of nitrogens with zero attached hydrogens (tertiary/aromatic N) is 2. The number of halogens is 1. The number of hydrogen-bond donors (Lipinski definition) is 1. The van der Waals surface area contributed by atoms with E-state index in [0.717, 1.165) is 17.5 Å². The van der Waals surface area contributed by atoms with E-state index in [0.29, 0.717) is 35.8 Å². The van der Waals surface area contributed by atoms with E-state index in [1.54, 1.807) is 24.3 Å². The van der Waals surface area contributed by atoms with Crippen LogP contribution in [0.25, 0.3) is 0 Å². The van der Waals surface area contributed by atoms with E-state index in [9.17, 15) is 9.59 Å². The van der Waals surface area contributed by atoms with Crippen LogP contribution in [0.15, 0.2) is 60.9 Å². The van der Waals surface area contributed by atoms with Crippen LogP contribution in [0.2, 0.25) is 5.02 Å². The van der Waals surface area contributed by atoms with Gasteiger partial charge in [-0.3, -0.25) is 9.59 Å². The molecule has 0 aliphatic carbocycles.